The molecule has 0 radical (unpaired) electrons. The van der Waals surface area contributed by atoms with Gasteiger partial charge in [0.25, 0.3) is 5.92 Å². The smallest absolute Gasteiger partial charge is 0.410 e. The maximum absolute atomic E-state index is 14.6. The van der Waals surface area contributed by atoms with Crippen molar-refractivity contribution < 1.29 is 36.6 Å². The number of likely N-dealkylation sites (tertiary alicyclic amines) is 2. The van der Waals surface area contributed by atoms with Crippen LogP contribution in [0.5, 0.6) is 0 Å². The molecule has 0 aromatic heterocycles. The Morgan fingerprint density at radius 1 is 1.00 bits per heavy atom. The summed E-state index contributed by atoms with van der Waals surface area (Å²) in [5.41, 5.74) is -1.23. The summed E-state index contributed by atoms with van der Waals surface area (Å²) >= 11 is 0. The van der Waals surface area contributed by atoms with E-state index in [9.17, 15) is 27.2 Å². The summed E-state index contributed by atoms with van der Waals surface area (Å²) in [6.07, 6.45) is -3.83. The molecule has 2 amide bonds. The van der Waals surface area contributed by atoms with Crippen LogP contribution in [0.3, 0.4) is 0 Å². The van der Waals surface area contributed by atoms with Crippen molar-refractivity contribution in [1.29, 1.82) is 0 Å². The quantitative estimate of drug-likeness (QED) is 0.367. The van der Waals surface area contributed by atoms with Crippen molar-refractivity contribution in [2.45, 2.75) is 83.9 Å². The largest absolute Gasteiger partial charge is 0.445 e. The molecule has 1 atom stereocenters. The highest BCUT2D eigenvalue weighted by Gasteiger charge is 2.47. The molecule has 2 fully saturated rings. The van der Waals surface area contributed by atoms with Crippen LogP contribution < -0.4 is 0 Å². The molecule has 0 N–H and O–H groups in total. The number of carbonyl (C=O) groups excluding carboxylic acids is 2. The van der Waals surface area contributed by atoms with Crippen molar-refractivity contribution in [3.8, 4) is 0 Å². The number of nitrogens with zero attached hydrogens (tertiary/aromatic N) is 2. The minimum absolute atomic E-state index is 0.0313. The minimum atomic E-state index is -2.97. The van der Waals surface area contributed by atoms with Crippen molar-refractivity contribution in [2.24, 2.45) is 11.3 Å². The van der Waals surface area contributed by atoms with Crippen LogP contribution in [-0.2, 0) is 16.1 Å². The van der Waals surface area contributed by atoms with Gasteiger partial charge in [-0.25, -0.2) is 27.2 Å². The molecular formula is C27H38F4N2O4. The number of hydrogen-bond acceptors (Lipinski definition) is 4. The van der Waals surface area contributed by atoms with Crippen LogP contribution in [0.4, 0.5) is 27.2 Å². The number of carbonyl (C=O) groups is 2. The van der Waals surface area contributed by atoms with Gasteiger partial charge < -0.3 is 19.3 Å². The van der Waals surface area contributed by atoms with Crippen molar-refractivity contribution in [1.82, 2.24) is 9.80 Å². The first-order chi connectivity index (χ1) is 17.3. The van der Waals surface area contributed by atoms with Crippen LogP contribution >= 0.6 is 0 Å². The molecule has 0 saturated carbocycles. The molecular weight excluding hydrogens is 492 g/mol. The first kappa shape index (κ1) is 29.0. The maximum atomic E-state index is 14.6. The number of ether oxygens (including phenoxy) is 2. The molecule has 37 heavy (non-hydrogen) atoms. The lowest BCUT2D eigenvalue weighted by Crippen LogP contribution is -2.50. The van der Waals surface area contributed by atoms with Crippen molar-refractivity contribution in [2.75, 3.05) is 26.2 Å². The molecule has 0 spiro atoms. The summed E-state index contributed by atoms with van der Waals surface area (Å²) in [6, 6.07) is 9.17. The molecule has 2 saturated heterocycles. The van der Waals surface area contributed by atoms with Gasteiger partial charge in [0.1, 0.15) is 12.2 Å². The second kappa shape index (κ2) is 11.9. The number of amides is 2. The lowest BCUT2D eigenvalue weighted by atomic mass is 9.74. The summed E-state index contributed by atoms with van der Waals surface area (Å²) in [7, 11) is 0. The Morgan fingerprint density at radius 3 is 2.22 bits per heavy atom. The molecule has 2 aliphatic heterocycles. The molecule has 6 nitrogen and oxygen atoms in total. The van der Waals surface area contributed by atoms with Crippen molar-refractivity contribution in [3.05, 3.63) is 35.9 Å². The Bertz CT molecular complexity index is 899. The van der Waals surface area contributed by atoms with Gasteiger partial charge in [-0.3, -0.25) is 0 Å². The molecule has 1 unspecified atom stereocenters. The van der Waals surface area contributed by atoms with E-state index in [0.717, 1.165) is 5.56 Å². The number of piperidine rings is 2. The summed E-state index contributed by atoms with van der Waals surface area (Å²) in [5, 5.41) is 0. The van der Waals surface area contributed by atoms with E-state index in [4.69, 9.17) is 9.47 Å². The van der Waals surface area contributed by atoms with E-state index >= 15 is 0 Å². The molecule has 1 aromatic rings. The number of hydrogen-bond donors (Lipinski definition) is 0. The Hall–Kier alpha value is -2.52. The van der Waals surface area contributed by atoms with Gasteiger partial charge in [0.05, 0.1) is 0 Å². The zero-order chi connectivity index (χ0) is 27.3. The highest BCUT2D eigenvalue weighted by atomic mass is 19.3. The SMILES string of the molecule is CC(C)(C)OC(=O)N1CCC(F)(F)C(CCCC2(C(F)F)CCN(C(=O)OCc3ccccc3)CC2)C1. The second-order valence-corrected chi connectivity index (χ2v) is 11.2. The van der Waals surface area contributed by atoms with Crippen LogP contribution in [0.15, 0.2) is 30.3 Å². The Morgan fingerprint density at radius 2 is 1.62 bits per heavy atom. The van der Waals surface area contributed by atoms with Crippen molar-refractivity contribution >= 4 is 12.2 Å². The van der Waals surface area contributed by atoms with Gasteiger partial charge in [-0.15, -0.1) is 0 Å². The molecule has 10 heteroatoms. The normalized spacial score (nSPS) is 21.6. The summed E-state index contributed by atoms with van der Waals surface area (Å²) < 4.78 is 68.2. The Kier molecular flexibility index (Phi) is 9.34. The van der Waals surface area contributed by atoms with E-state index in [1.165, 1.54) is 9.80 Å². The maximum Gasteiger partial charge on any atom is 0.410 e. The fourth-order valence-electron chi connectivity index (χ4n) is 5.00. The van der Waals surface area contributed by atoms with Gasteiger partial charge in [-0.1, -0.05) is 36.8 Å². The van der Waals surface area contributed by atoms with Gasteiger partial charge in [0, 0.05) is 43.9 Å². The van der Waals surface area contributed by atoms with E-state index in [1.807, 2.05) is 30.3 Å². The lowest BCUT2D eigenvalue weighted by molar-refractivity contribution is -0.110. The van der Waals surface area contributed by atoms with Crippen LogP contribution in [0.2, 0.25) is 0 Å². The molecule has 208 valence electrons. The number of halogens is 4. The van der Waals surface area contributed by atoms with E-state index in [-0.39, 0.29) is 64.9 Å². The summed E-state index contributed by atoms with van der Waals surface area (Å²) in [4.78, 5) is 27.5. The fraction of sp³-hybridized carbons (Fsp3) is 0.704. The van der Waals surface area contributed by atoms with Gasteiger partial charge in [0.2, 0.25) is 6.43 Å². The number of alkyl halides is 4. The standard InChI is InChI=1S/C27H38F4N2O4/c1-25(2,3)37-24(35)33-17-14-27(30,31)21(18-33)10-7-11-26(22(28)29)12-15-32(16-13-26)23(34)36-19-20-8-5-4-6-9-20/h4-6,8-9,21-22H,7,10-19H2,1-3H3. The van der Waals surface area contributed by atoms with Crippen LogP contribution in [0.25, 0.3) is 0 Å². The molecule has 2 heterocycles. The van der Waals surface area contributed by atoms with Crippen LogP contribution in [-0.4, -0.2) is 66.1 Å². The number of benzene rings is 1. The molecule has 1 aromatic carbocycles. The van der Waals surface area contributed by atoms with E-state index in [1.54, 1.807) is 20.8 Å². The first-order valence-electron chi connectivity index (χ1n) is 12.9. The summed E-state index contributed by atoms with van der Waals surface area (Å²) in [6.45, 7) is 5.22. The molecule has 3 rings (SSSR count). The molecule has 2 aliphatic rings. The Balaban J connectivity index is 1.51. The third-order valence-electron chi connectivity index (χ3n) is 7.32. The average Bonchev–Trinajstić information content (AvgIpc) is 2.83. The predicted octanol–water partition coefficient (Wildman–Crippen LogP) is 6.73. The highest BCUT2D eigenvalue weighted by molar-refractivity contribution is 5.68. The number of rotatable bonds is 7. The lowest BCUT2D eigenvalue weighted by Gasteiger charge is -2.42. The van der Waals surface area contributed by atoms with Gasteiger partial charge in [-0.05, 0) is 52.0 Å². The van der Waals surface area contributed by atoms with Gasteiger partial charge in [-0.2, -0.15) is 0 Å². The zero-order valence-corrected chi connectivity index (χ0v) is 21.9. The van der Waals surface area contributed by atoms with E-state index in [0.29, 0.717) is 0 Å². The molecule has 0 aliphatic carbocycles. The minimum Gasteiger partial charge on any atom is -0.445 e. The predicted molar refractivity (Wildman–Crippen MR) is 131 cm³/mol. The molecule has 0 bridgehead atoms. The third kappa shape index (κ3) is 7.98. The topological polar surface area (TPSA) is 59.1 Å². The van der Waals surface area contributed by atoms with E-state index in [2.05, 4.69) is 0 Å². The Labute approximate surface area is 216 Å². The average molecular weight is 531 g/mol. The zero-order valence-electron chi connectivity index (χ0n) is 21.9. The van der Waals surface area contributed by atoms with Gasteiger partial charge >= 0.3 is 12.2 Å². The van der Waals surface area contributed by atoms with Crippen molar-refractivity contribution in [3.63, 3.8) is 0 Å². The van der Waals surface area contributed by atoms with Crippen LogP contribution in [0, 0.1) is 11.3 Å². The fourth-order valence-corrected chi connectivity index (χ4v) is 5.00. The van der Waals surface area contributed by atoms with E-state index < -0.39 is 47.9 Å². The second-order valence-electron chi connectivity index (χ2n) is 11.2. The highest BCUT2D eigenvalue weighted by Crippen LogP contribution is 2.44. The first-order valence-corrected chi connectivity index (χ1v) is 12.9. The monoisotopic (exact) mass is 530 g/mol. The summed E-state index contributed by atoms with van der Waals surface area (Å²) in [5.74, 6) is -4.08. The third-order valence-corrected chi connectivity index (χ3v) is 7.32. The van der Waals surface area contributed by atoms with Gasteiger partial charge in [0.15, 0.2) is 0 Å². The van der Waals surface area contributed by atoms with Crippen LogP contribution in [0.1, 0.15) is 64.9 Å².